The van der Waals surface area contributed by atoms with Crippen molar-refractivity contribution in [3.05, 3.63) is 59.2 Å². The van der Waals surface area contributed by atoms with E-state index in [-0.39, 0.29) is 0 Å². The van der Waals surface area contributed by atoms with Crippen molar-refractivity contribution in [3.8, 4) is 17.6 Å². The summed E-state index contributed by atoms with van der Waals surface area (Å²) in [5, 5.41) is 12.2. The molecular formula is C17H18N2O2. The maximum atomic E-state index is 9.09. The highest BCUT2D eigenvalue weighted by molar-refractivity contribution is 5.45. The van der Waals surface area contributed by atoms with Crippen molar-refractivity contribution >= 4 is 0 Å². The molecule has 1 N–H and O–H groups in total. The molecule has 0 fully saturated rings. The Morgan fingerprint density at radius 2 is 1.95 bits per heavy atom. The fourth-order valence-electron chi connectivity index (χ4n) is 2.07. The molecule has 0 saturated heterocycles. The Morgan fingerprint density at radius 1 is 1.14 bits per heavy atom. The van der Waals surface area contributed by atoms with Crippen molar-refractivity contribution in [2.24, 2.45) is 0 Å². The van der Waals surface area contributed by atoms with E-state index in [0.29, 0.717) is 17.9 Å². The summed E-state index contributed by atoms with van der Waals surface area (Å²) >= 11 is 0. The van der Waals surface area contributed by atoms with E-state index >= 15 is 0 Å². The summed E-state index contributed by atoms with van der Waals surface area (Å²) in [5.74, 6) is 1.43. The molecule has 0 aliphatic carbocycles. The molecule has 2 rings (SSSR count). The summed E-state index contributed by atoms with van der Waals surface area (Å²) in [6, 6.07) is 15.5. The molecule has 0 amide bonds. The normalized spacial score (nSPS) is 9.95. The molecule has 0 aromatic heterocycles. The third kappa shape index (κ3) is 3.74. The Morgan fingerprint density at radius 3 is 2.67 bits per heavy atom. The minimum absolute atomic E-state index is 0.416. The average molecular weight is 282 g/mol. The molecule has 108 valence electrons. The highest BCUT2D eigenvalue weighted by Gasteiger charge is 2.06. The van der Waals surface area contributed by atoms with Gasteiger partial charge in [0.1, 0.15) is 24.2 Å². The molecule has 4 nitrogen and oxygen atoms in total. The number of para-hydroxylation sites is 1. The quantitative estimate of drug-likeness (QED) is 0.885. The van der Waals surface area contributed by atoms with Crippen LogP contribution in [0.15, 0.2) is 42.5 Å². The Labute approximate surface area is 124 Å². The summed E-state index contributed by atoms with van der Waals surface area (Å²) in [4.78, 5) is 0. The first-order valence-electron chi connectivity index (χ1n) is 6.70. The van der Waals surface area contributed by atoms with Gasteiger partial charge in [0.15, 0.2) is 0 Å². The Hall–Kier alpha value is -2.51. The van der Waals surface area contributed by atoms with E-state index in [1.165, 1.54) is 0 Å². The van der Waals surface area contributed by atoms with Crippen LogP contribution in [0.25, 0.3) is 0 Å². The molecule has 0 atom stereocenters. The van der Waals surface area contributed by atoms with Gasteiger partial charge in [0.25, 0.3) is 0 Å². The van der Waals surface area contributed by atoms with Gasteiger partial charge in [-0.15, -0.1) is 0 Å². The number of benzene rings is 2. The first kappa shape index (κ1) is 14.9. The lowest BCUT2D eigenvalue weighted by Gasteiger charge is -2.12. The fraction of sp³-hybridized carbons (Fsp3) is 0.235. The van der Waals surface area contributed by atoms with E-state index in [9.17, 15) is 0 Å². The lowest BCUT2D eigenvalue weighted by molar-refractivity contribution is 0.302. The molecule has 0 radical (unpaired) electrons. The SMILES string of the molecule is CNCc1ccccc1OCc1ccc(OC)c(C#N)c1. The maximum absolute atomic E-state index is 9.09. The van der Waals surface area contributed by atoms with Crippen molar-refractivity contribution in [2.45, 2.75) is 13.2 Å². The zero-order valence-corrected chi connectivity index (χ0v) is 12.2. The highest BCUT2D eigenvalue weighted by Crippen LogP contribution is 2.22. The van der Waals surface area contributed by atoms with Crippen LogP contribution in [0.1, 0.15) is 16.7 Å². The Kier molecular flexibility index (Phi) is 5.19. The zero-order chi connectivity index (χ0) is 15.1. The first-order valence-corrected chi connectivity index (χ1v) is 6.70. The van der Waals surface area contributed by atoms with Crippen LogP contribution in [0.2, 0.25) is 0 Å². The molecule has 0 saturated carbocycles. The number of hydrogen-bond acceptors (Lipinski definition) is 4. The minimum Gasteiger partial charge on any atom is -0.495 e. The van der Waals surface area contributed by atoms with Gasteiger partial charge in [0.05, 0.1) is 12.7 Å². The van der Waals surface area contributed by atoms with Crippen molar-refractivity contribution in [1.82, 2.24) is 5.32 Å². The Balaban J connectivity index is 2.12. The molecule has 4 heteroatoms. The number of nitrogens with zero attached hydrogens (tertiary/aromatic N) is 1. The van der Waals surface area contributed by atoms with Crippen LogP contribution < -0.4 is 14.8 Å². The van der Waals surface area contributed by atoms with E-state index in [4.69, 9.17) is 14.7 Å². The minimum atomic E-state index is 0.416. The lowest BCUT2D eigenvalue weighted by atomic mass is 10.1. The number of methoxy groups -OCH3 is 1. The van der Waals surface area contributed by atoms with E-state index in [2.05, 4.69) is 11.4 Å². The second-order valence-corrected chi connectivity index (χ2v) is 4.57. The van der Waals surface area contributed by atoms with Gasteiger partial charge >= 0.3 is 0 Å². The summed E-state index contributed by atoms with van der Waals surface area (Å²) in [7, 11) is 3.46. The third-order valence-corrected chi connectivity index (χ3v) is 3.12. The molecule has 0 bridgehead atoms. The van der Waals surface area contributed by atoms with Crippen LogP contribution in [0.4, 0.5) is 0 Å². The fourth-order valence-corrected chi connectivity index (χ4v) is 2.07. The smallest absolute Gasteiger partial charge is 0.136 e. The molecule has 0 spiro atoms. The number of nitrogens with one attached hydrogen (secondary N) is 1. The van der Waals surface area contributed by atoms with E-state index in [1.54, 1.807) is 19.2 Å². The van der Waals surface area contributed by atoms with Crippen LogP contribution in [-0.2, 0) is 13.2 Å². The summed E-state index contributed by atoms with van der Waals surface area (Å²) in [6.45, 7) is 1.17. The van der Waals surface area contributed by atoms with Crippen molar-refractivity contribution in [3.63, 3.8) is 0 Å². The van der Waals surface area contributed by atoms with Crippen LogP contribution >= 0.6 is 0 Å². The van der Waals surface area contributed by atoms with Gasteiger partial charge in [0.2, 0.25) is 0 Å². The highest BCUT2D eigenvalue weighted by atomic mass is 16.5. The van der Waals surface area contributed by atoms with E-state index < -0.39 is 0 Å². The summed E-state index contributed by atoms with van der Waals surface area (Å²) in [5.41, 5.74) is 2.56. The molecule has 2 aromatic rings. The van der Waals surface area contributed by atoms with Gasteiger partial charge in [-0.05, 0) is 30.8 Å². The largest absolute Gasteiger partial charge is 0.495 e. The standard InChI is InChI=1S/C17H18N2O2/c1-19-11-14-5-3-4-6-17(14)21-12-13-7-8-16(20-2)15(9-13)10-18/h3-9,19H,11-12H2,1-2H3. The van der Waals surface area contributed by atoms with Crippen molar-refractivity contribution in [1.29, 1.82) is 5.26 Å². The van der Waals surface area contributed by atoms with Gasteiger partial charge in [-0.1, -0.05) is 24.3 Å². The predicted octanol–water partition coefficient (Wildman–Crippen LogP) is 2.87. The summed E-state index contributed by atoms with van der Waals surface area (Å²) in [6.07, 6.45) is 0. The van der Waals surface area contributed by atoms with Gasteiger partial charge in [-0.25, -0.2) is 0 Å². The van der Waals surface area contributed by atoms with Crippen LogP contribution in [0.5, 0.6) is 11.5 Å². The molecule has 0 heterocycles. The lowest BCUT2D eigenvalue weighted by Crippen LogP contribution is -2.07. The molecule has 0 aliphatic rings. The summed E-state index contributed by atoms with van der Waals surface area (Å²) < 4.78 is 11.0. The number of ether oxygens (including phenoxy) is 2. The third-order valence-electron chi connectivity index (χ3n) is 3.12. The molecular weight excluding hydrogens is 264 g/mol. The van der Waals surface area contributed by atoms with Crippen LogP contribution in [0, 0.1) is 11.3 Å². The molecule has 2 aromatic carbocycles. The van der Waals surface area contributed by atoms with Gasteiger partial charge in [0, 0.05) is 12.1 Å². The van der Waals surface area contributed by atoms with Gasteiger partial charge in [-0.2, -0.15) is 5.26 Å². The van der Waals surface area contributed by atoms with Crippen molar-refractivity contribution in [2.75, 3.05) is 14.2 Å². The zero-order valence-electron chi connectivity index (χ0n) is 12.2. The second kappa shape index (κ2) is 7.32. The number of hydrogen-bond donors (Lipinski definition) is 1. The molecule has 0 unspecified atom stereocenters. The maximum Gasteiger partial charge on any atom is 0.136 e. The second-order valence-electron chi connectivity index (χ2n) is 4.57. The van der Waals surface area contributed by atoms with Crippen LogP contribution in [0.3, 0.4) is 0 Å². The van der Waals surface area contributed by atoms with E-state index in [1.807, 2.05) is 37.4 Å². The molecule has 21 heavy (non-hydrogen) atoms. The Bertz CT molecular complexity index is 647. The number of rotatable bonds is 6. The monoisotopic (exact) mass is 282 g/mol. The van der Waals surface area contributed by atoms with Crippen molar-refractivity contribution < 1.29 is 9.47 Å². The topological polar surface area (TPSA) is 54.3 Å². The van der Waals surface area contributed by atoms with Gasteiger partial charge in [-0.3, -0.25) is 0 Å². The van der Waals surface area contributed by atoms with Gasteiger partial charge < -0.3 is 14.8 Å². The first-order chi connectivity index (χ1) is 10.3. The number of nitriles is 1. The molecule has 0 aliphatic heterocycles. The van der Waals surface area contributed by atoms with E-state index in [0.717, 1.165) is 23.4 Å². The average Bonchev–Trinajstić information content (AvgIpc) is 2.54. The predicted molar refractivity (Wildman–Crippen MR) is 81.2 cm³/mol. The van der Waals surface area contributed by atoms with Crippen LogP contribution in [-0.4, -0.2) is 14.2 Å².